The van der Waals surface area contributed by atoms with Crippen molar-refractivity contribution in [2.75, 3.05) is 24.7 Å². The van der Waals surface area contributed by atoms with E-state index in [1.165, 1.54) is 0 Å². The van der Waals surface area contributed by atoms with Gasteiger partial charge in [-0.1, -0.05) is 0 Å². The molecule has 0 aromatic carbocycles. The summed E-state index contributed by atoms with van der Waals surface area (Å²) in [4.78, 5) is 7.22. The van der Waals surface area contributed by atoms with Crippen LogP contribution in [-0.2, 0) is 11.8 Å². The molecule has 0 amide bonds. The Balaban J connectivity index is 1.80. The number of anilines is 1. The highest BCUT2D eigenvalue weighted by Gasteiger charge is 2.25. The van der Waals surface area contributed by atoms with Crippen LogP contribution < -0.4 is 4.90 Å². The van der Waals surface area contributed by atoms with E-state index in [0.29, 0.717) is 19.6 Å². The fourth-order valence-corrected chi connectivity index (χ4v) is 5.53. The zero-order chi connectivity index (χ0) is 20.8. The van der Waals surface area contributed by atoms with Crippen molar-refractivity contribution in [3.63, 3.8) is 0 Å². The first-order valence-electron chi connectivity index (χ1n) is 9.72. The summed E-state index contributed by atoms with van der Waals surface area (Å²) in [6.07, 6.45) is 4.12. The fraction of sp³-hybridized carbons (Fsp3) is 0.368. The van der Waals surface area contributed by atoms with E-state index in [-0.39, 0.29) is 6.04 Å². The Morgan fingerprint density at radius 1 is 1.20 bits per heavy atom. The van der Waals surface area contributed by atoms with Crippen molar-refractivity contribution in [2.45, 2.75) is 19.9 Å². The number of hydrogen-bond acceptors (Lipinski definition) is 6. The van der Waals surface area contributed by atoms with Crippen molar-refractivity contribution in [1.82, 2.24) is 33.9 Å². The number of nitrogens with zero attached hydrogens (tertiary/aromatic N) is 8. The van der Waals surface area contributed by atoms with E-state index >= 15 is 0 Å². The molecular weight excluding hydrogens is 514 g/mol. The van der Waals surface area contributed by atoms with Crippen molar-refractivity contribution in [2.24, 2.45) is 7.05 Å². The third-order valence-electron chi connectivity index (χ3n) is 5.47. The molecule has 0 N–H and O–H groups in total. The lowest BCUT2D eigenvalue weighted by molar-refractivity contribution is 0.0984. The van der Waals surface area contributed by atoms with Crippen molar-refractivity contribution >= 4 is 39.7 Å². The first-order valence-corrected chi connectivity index (χ1v) is 13.8. The molecule has 0 spiro atoms. The smallest absolute Gasteiger partial charge is 0.180 e. The van der Waals surface area contributed by atoms with Crippen molar-refractivity contribution < 1.29 is 4.74 Å². The fourth-order valence-electron chi connectivity index (χ4n) is 4.00. The third-order valence-corrected chi connectivity index (χ3v) is 7.36. The second kappa shape index (κ2) is 7.90. The van der Waals surface area contributed by atoms with Crippen LogP contribution in [0.5, 0.6) is 0 Å². The molecule has 0 aliphatic carbocycles. The van der Waals surface area contributed by atoms with Crippen LogP contribution in [0.25, 0.3) is 28.3 Å². The van der Waals surface area contributed by atoms with Gasteiger partial charge >= 0.3 is 0 Å². The molecule has 11 heteroatoms. The Morgan fingerprint density at radius 3 is 2.73 bits per heavy atom. The number of fused-ring (bicyclic) bond motifs is 1. The standard InChI is InChI=1S/C19H22IN8OP/c1-12-11-29-9-8-26(12)17-10-14(15-4-6-21-25(15)3)18-13(2)23-19(27(18)24-17)16-5-7-22-28(16)30-20/h4-7,10,12,30H,8-9,11H2,1-3H3/t12-/m1/s1. The van der Waals surface area contributed by atoms with Crippen LogP contribution in [-0.4, -0.2) is 59.7 Å². The third kappa shape index (κ3) is 3.21. The normalized spacial score (nSPS) is 17.6. The molecule has 1 unspecified atom stereocenters. The molecular formula is C19H22IN8OP. The molecule has 0 radical (unpaired) electrons. The Hall–Kier alpha value is -2.04. The van der Waals surface area contributed by atoms with Crippen LogP contribution in [0.2, 0.25) is 0 Å². The largest absolute Gasteiger partial charge is 0.377 e. The molecule has 2 atom stereocenters. The minimum absolute atomic E-state index is 0.248. The van der Waals surface area contributed by atoms with Gasteiger partial charge in [-0.15, -0.1) is 5.10 Å². The van der Waals surface area contributed by atoms with Gasteiger partial charge in [-0.05, 0) is 54.1 Å². The van der Waals surface area contributed by atoms with Crippen LogP contribution >= 0.6 is 28.4 Å². The van der Waals surface area contributed by atoms with Gasteiger partial charge in [-0.25, -0.2) is 14.0 Å². The minimum atomic E-state index is 0.248. The van der Waals surface area contributed by atoms with Gasteiger partial charge in [0.25, 0.3) is 0 Å². The van der Waals surface area contributed by atoms with E-state index in [4.69, 9.17) is 14.8 Å². The monoisotopic (exact) mass is 536 g/mol. The van der Waals surface area contributed by atoms with Gasteiger partial charge in [0.15, 0.2) is 11.6 Å². The number of rotatable bonds is 4. The zero-order valence-corrected chi connectivity index (χ0v) is 20.1. The molecule has 1 fully saturated rings. The molecule has 4 aromatic heterocycles. The molecule has 0 saturated carbocycles. The van der Waals surface area contributed by atoms with Crippen molar-refractivity contribution in [1.29, 1.82) is 0 Å². The van der Waals surface area contributed by atoms with E-state index in [1.54, 1.807) is 0 Å². The number of aromatic nitrogens is 7. The zero-order valence-electron chi connectivity index (χ0n) is 16.9. The van der Waals surface area contributed by atoms with Gasteiger partial charge in [-0.2, -0.15) is 10.2 Å². The average Bonchev–Trinajstić information content (AvgIpc) is 3.46. The highest BCUT2D eigenvalue weighted by atomic mass is 127. The number of morpholine rings is 1. The first-order chi connectivity index (χ1) is 14.6. The number of halogens is 1. The molecule has 5 heterocycles. The average molecular weight is 536 g/mol. The summed E-state index contributed by atoms with van der Waals surface area (Å²) in [6, 6.07) is 6.43. The summed E-state index contributed by atoms with van der Waals surface area (Å²) in [5, 5.41) is 13.9. The van der Waals surface area contributed by atoms with E-state index < -0.39 is 0 Å². The van der Waals surface area contributed by atoms with Crippen LogP contribution in [0.3, 0.4) is 0 Å². The quantitative estimate of drug-likeness (QED) is 0.294. The van der Waals surface area contributed by atoms with Crippen LogP contribution in [0.4, 0.5) is 5.82 Å². The maximum Gasteiger partial charge on any atom is 0.180 e. The Labute approximate surface area is 188 Å². The van der Waals surface area contributed by atoms with Gasteiger partial charge in [-0.3, -0.25) is 4.68 Å². The van der Waals surface area contributed by atoms with Crippen LogP contribution in [0.15, 0.2) is 30.6 Å². The molecule has 4 aromatic rings. The predicted octanol–water partition coefficient (Wildman–Crippen LogP) is 3.32. The van der Waals surface area contributed by atoms with E-state index in [0.717, 1.165) is 46.3 Å². The minimum Gasteiger partial charge on any atom is -0.377 e. The van der Waals surface area contributed by atoms with Gasteiger partial charge < -0.3 is 9.64 Å². The Kier molecular flexibility index (Phi) is 5.24. The SMILES string of the molecule is Cc1nc(-c2ccnn2PI)n2nc(N3CCOC[C@H]3C)cc(-c3ccnn3C)c12. The Morgan fingerprint density at radius 2 is 2.00 bits per heavy atom. The van der Waals surface area contributed by atoms with Gasteiger partial charge in [0.2, 0.25) is 0 Å². The summed E-state index contributed by atoms with van der Waals surface area (Å²) >= 11 is 2.33. The van der Waals surface area contributed by atoms with Crippen molar-refractivity contribution in [3.8, 4) is 22.8 Å². The van der Waals surface area contributed by atoms with Gasteiger partial charge in [0, 0.05) is 25.4 Å². The molecule has 30 heavy (non-hydrogen) atoms. The lowest BCUT2D eigenvalue weighted by atomic mass is 10.1. The number of ether oxygens (including phenoxy) is 1. The summed E-state index contributed by atoms with van der Waals surface area (Å²) < 4.78 is 11.5. The molecule has 156 valence electrons. The summed E-state index contributed by atoms with van der Waals surface area (Å²) in [7, 11) is 1.96. The highest BCUT2D eigenvalue weighted by Crippen LogP contribution is 2.35. The summed E-state index contributed by atoms with van der Waals surface area (Å²) in [6.45, 7) is 6.40. The molecule has 1 aliphatic heterocycles. The number of hydrogen-bond donors (Lipinski definition) is 0. The molecule has 1 aliphatic rings. The molecule has 9 nitrogen and oxygen atoms in total. The highest BCUT2D eigenvalue weighted by molar-refractivity contribution is 14.2. The number of aryl methyl sites for hydroxylation is 2. The lowest BCUT2D eigenvalue weighted by Gasteiger charge is -2.34. The second-order valence-corrected chi connectivity index (χ2v) is 9.41. The van der Waals surface area contributed by atoms with E-state index in [9.17, 15) is 0 Å². The van der Waals surface area contributed by atoms with E-state index in [1.807, 2.05) is 52.1 Å². The molecule has 5 rings (SSSR count). The molecule has 0 bridgehead atoms. The first kappa shape index (κ1) is 19.9. The van der Waals surface area contributed by atoms with E-state index in [2.05, 4.69) is 50.1 Å². The number of imidazole rings is 1. The lowest BCUT2D eigenvalue weighted by Crippen LogP contribution is -2.44. The molecule has 1 saturated heterocycles. The topological polar surface area (TPSA) is 78.3 Å². The maximum atomic E-state index is 5.65. The maximum absolute atomic E-state index is 5.65. The van der Waals surface area contributed by atoms with Gasteiger partial charge in [0.05, 0.1) is 48.7 Å². The van der Waals surface area contributed by atoms with Crippen LogP contribution in [0, 0.1) is 6.92 Å². The summed E-state index contributed by atoms with van der Waals surface area (Å²) in [5.41, 5.74) is 4.98. The second-order valence-electron chi connectivity index (χ2n) is 7.37. The summed E-state index contributed by atoms with van der Waals surface area (Å²) in [5.74, 6) is 1.71. The van der Waals surface area contributed by atoms with Gasteiger partial charge in [0.1, 0.15) is 5.69 Å². The van der Waals surface area contributed by atoms with Crippen molar-refractivity contribution in [3.05, 3.63) is 36.3 Å². The predicted molar refractivity (Wildman–Crippen MR) is 127 cm³/mol. The van der Waals surface area contributed by atoms with Crippen LogP contribution in [0.1, 0.15) is 12.6 Å². The Bertz CT molecular complexity index is 1210.